The molecule has 60 heavy (non-hydrogen) atoms. The summed E-state index contributed by atoms with van der Waals surface area (Å²) in [6.07, 6.45) is 0. The van der Waals surface area contributed by atoms with Crippen LogP contribution < -0.4 is 37.7 Å². The van der Waals surface area contributed by atoms with E-state index in [1.54, 1.807) is 0 Å². The van der Waals surface area contributed by atoms with Gasteiger partial charge in [0.15, 0.2) is 0 Å². The summed E-state index contributed by atoms with van der Waals surface area (Å²) >= 11 is 1.88. The molecule has 284 valence electrons. The van der Waals surface area contributed by atoms with Gasteiger partial charge in [-0.1, -0.05) is 160 Å². The molecule has 8 aromatic carbocycles. The second-order valence-corrected chi connectivity index (χ2v) is 20.0. The lowest BCUT2D eigenvalue weighted by atomic mass is 9.26. The second kappa shape index (κ2) is 11.8. The molecule has 0 atom stereocenters. The quantitative estimate of drug-likeness (QED) is 0.158. The van der Waals surface area contributed by atoms with E-state index in [1.807, 2.05) is 11.3 Å². The predicted molar refractivity (Wildman–Crippen MR) is 261 cm³/mol. The van der Waals surface area contributed by atoms with Crippen molar-refractivity contribution >= 4 is 94.8 Å². The second-order valence-electron chi connectivity index (χ2n) is 18.9. The summed E-state index contributed by atoms with van der Waals surface area (Å²) in [7, 11) is 0. The summed E-state index contributed by atoms with van der Waals surface area (Å²) in [6.45, 7) is 14.7. The first kappa shape index (κ1) is 34.7. The molecule has 0 spiro atoms. The summed E-state index contributed by atoms with van der Waals surface area (Å²) in [5.41, 5.74) is 26.1. The zero-order valence-electron chi connectivity index (χ0n) is 34.9. The molecule has 1 aromatic heterocycles. The van der Waals surface area contributed by atoms with Gasteiger partial charge in [0.05, 0.1) is 0 Å². The summed E-state index contributed by atoms with van der Waals surface area (Å²) in [5.74, 6) is 0. The van der Waals surface area contributed by atoms with Crippen molar-refractivity contribution < 1.29 is 0 Å². The molecule has 4 aliphatic heterocycles. The number of thiophene rings is 1. The van der Waals surface area contributed by atoms with Crippen molar-refractivity contribution in [3.05, 3.63) is 185 Å². The summed E-state index contributed by atoms with van der Waals surface area (Å²) < 4.78 is 2.69. The maximum Gasteiger partial charge on any atom is 0.247 e. The Kier molecular flexibility index (Phi) is 6.83. The van der Waals surface area contributed by atoms with Gasteiger partial charge in [0.25, 0.3) is 0 Å². The third-order valence-corrected chi connectivity index (χ3v) is 16.2. The molecule has 0 saturated heterocycles. The minimum Gasteiger partial charge on any atom is -0.313 e. The monoisotopic (exact) mass is 783 g/mol. The van der Waals surface area contributed by atoms with Gasteiger partial charge in [-0.3, -0.25) is 0 Å². The number of rotatable bonds is 2. The highest BCUT2D eigenvalue weighted by atomic mass is 32.1. The largest absolute Gasteiger partial charge is 0.313 e. The van der Waals surface area contributed by atoms with Gasteiger partial charge in [0.2, 0.25) is 13.4 Å². The molecule has 0 N–H and O–H groups in total. The highest BCUT2D eigenvalue weighted by molar-refractivity contribution is 7.25. The van der Waals surface area contributed by atoms with Gasteiger partial charge in [-0.05, 0) is 122 Å². The van der Waals surface area contributed by atoms with Crippen LogP contribution in [0.3, 0.4) is 0 Å². The maximum atomic E-state index is 2.69. The van der Waals surface area contributed by atoms with Crippen LogP contribution in [0.25, 0.3) is 42.4 Å². The highest BCUT2D eigenvalue weighted by Gasteiger charge is 2.52. The number of hydrogen-bond acceptors (Lipinski definition) is 2. The summed E-state index contributed by atoms with van der Waals surface area (Å²) in [5, 5.41) is 2.68. The Bertz CT molecular complexity index is 3230. The lowest BCUT2D eigenvalue weighted by Crippen LogP contribution is -2.70. The van der Waals surface area contributed by atoms with E-state index in [2.05, 4.69) is 198 Å². The number of aryl methyl sites for hydroxylation is 2. The van der Waals surface area contributed by atoms with Crippen molar-refractivity contribution in [2.45, 2.75) is 52.4 Å². The molecule has 9 aromatic rings. The summed E-state index contributed by atoms with van der Waals surface area (Å²) in [4.78, 5) is 2.69. The molecule has 0 bridgehead atoms. The van der Waals surface area contributed by atoms with Crippen LogP contribution in [0.2, 0.25) is 0 Å². The fraction of sp³-hybridized carbons (Fsp3) is 0.143. The van der Waals surface area contributed by atoms with Crippen LogP contribution in [0.4, 0.5) is 17.1 Å². The Morgan fingerprint density at radius 3 is 1.50 bits per heavy atom. The zero-order chi connectivity index (χ0) is 40.4. The molecule has 4 heteroatoms. The molecule has 1 nitrogen and oxygen atoms in total. The number of fused-ring (bicyclic) bond motifs is 11. The van der Waals surface area contributed by atoms with Crippen LogP contribution in [0, 0.1) is 13.8 Å². The average molecular weight is 784 g/mol. The van der Waals surface area contributed by atoms with Crippen LogP contribution in [-0.4, -0.2) is 13.4 Å². The van der Waals surface area contributed by atoms with Crippen LogP contribution in [-0.2, 0) is 10.8 Å². The summed E-state index contributed by atoms with van der Waals surface area (Å²) in [6, 6.07) is 58.6. The third kappa shape index (κ3) is 4.35. The Morgan fingerprint density at radius 1 is 0.433 bits per heavy atom. The minimum atomic E-state index is -0.138. The molecule has 13 rings (SSSR count). The Hall–Kier alpha value is -6.09. The number of benzene rings is 8. The molecule has 0 saturated carbocycles. The Labute approximate surface area is 357 Å². The molecule has 0 aliphatic carbocycles. The van der Waals surface area contributed by atoms with E-state index in [4.69, 9.17) is 0 Å². The smallest absolute Gasteiger partial charge is 0.247 e. The number of nitrogens with zero attached hydrogens (tertiary/aromatic N) is 1. The fourth-order valence-electron chi connectivity index (χ4n) is 12.6. The van der Waals surface area contributed by atoms with Gasteiger partial charge < -0.3 is 4.90 Å². The molecule has 4 aliphatic rings. The van der Waals surface area contributed by atoms with Gasteiger partial charge in [-0.15, -0.1) is 11.3 Å². The normalized spacial score (nSPS) is 15.7. The SMILES string of the molecule is Cc1ccc2c3c1C(C)(C)c1ccccc1B3c1cc(-c3ccc(-c4ccc5sc6ccccc6c5c4)cc3)cc3c1N2c1ccc(C)c2c1B3c1ccccc1C2(C)C. The van der Waals surface area contributed by atoms with Crippen LogP contribution >= 0.6 is 11.3 Å². The molecule has 0 radical (unpaired) electrons. The highest BCUT2D eigenvalue weighted by Crippen LogP contribution is 2.48. The first-order valence-corrected chi connectivity index (χ1v) is 22.4. The van der Waals surface area contributed by atoms with E-state index in [-0.39, 0.29) is 24.3 Å². The van der Waals surface area contributed by atoms with Gasteiger partial charge in [-0.2, -0.15) is 0 Å². The van der Waals surface area contributed by atoms with Crippen LogP contribution in [0.5, 0.6) is 0 Å². The number of hydrogen-bond donors (Lipinski definition) is 0. The Balaban J connectivity index is 1.09. The fourth-order valence-corrected chi connectivity index (χ4v) is 13.7. The van der Waals surface area contributed by atoms with E-state index in [0.29, 0.717) is 0 Å². The Morgan fingerprint density at radius 2 is 0.917 bits per heavy atom. The van der Waals surface area contributed by atoms with Gasteiger partial charge >= 0.3 is 0 Å². The predicted octanol–water partition coefficient (Wildman–Crippen LogP) is 10.4. The van der Waals surface area contributed by atoms with E-state index in [1.165, 1.54) is 126 Å². The number of anilines is 3. The van der Waals surface area contributed by atoms with E-state index >= 15 is 0 Å². The first-order valence-electron chi connectivity index (χ1n) is 21.6. The van der Waals surface area contributed by atoms with Crippen molar-refractivity contribution in [3.63, 3.8) is 0 Å². The topological polar surface area (TPSA) is 3.24 Å². The van der Waals surface area contributed by atoms with Gasteiger partial charge in [0.1, 0.15) is 0 Å². The van der Waals surface area contributed by atoms with Crippen molar-refractivity contribution in [3.8, 4) is 22.3 Å². The molecule has 0 fully saturated rings. The molecule has 0 amide bonds. The van der Waals surface area contributed by atoms with E-state index < -0.39 is 0 Å². The van der Waals surface area contributed by atoms with Gasteiger partial charge in [0, 0.05) is 48.1 Å². The molecule has 5 heterocycles. The van der Waals surface area contributed by atoms with Crippen molar-refractivity contribution in [2.75, 3.05) is 4.90 Å². The minimum absolute atomic E-state index is 0.122. The molecular formula is C56H43B2NS. The lowest BCUT2D eigenvalue weighted by molar-refractivity contribution is 0.640. The maximum absolute atomic E-state index is 2.69. The first-order chi connectivity index (χ1) is 29.1. The standard InChI is InChI=1S/C56H43B2NS/c1-32-19-26-46-52-50(32)55(3,4)40-14-8-10-16-42(40)57(52)44-30-37(35-23-21-34(22-24-35)36-25-28-49-39(29-36)38-13-7-12-18-48(38)60-49)31-45-54(44)59(46)47-27-20-33(2)51-53(47)58(45)43-17-11-9-15-41(43)56(51,5)6/h7-31H,1-6H3. The van der Waals surface area contributed by atoms with Gasteiger partial charge in [-0.25, -0.2) is 0 Å². The average Bonchev–Trinajstić information content (AvgIpc) is 3.63. The molecule has 0 unspecified atom stereocenters. The molecular weight excluding hydrogens is 740 g/mol. The van der Waals surface area contributed by atoms with Crippen molar-refractivity contribution in [1.29, 1.82) is 0 Å². The van der Waals surface area contributed by atoms with Crippen molar-refractivity contribution in [2.24, 2.45) is 0 Å². The van der Waals surface area contributed by atoms with E-state index in [0.717, 1.165) is 0 Å². The van der Waals surface area contributed by atoms with E-state index in [9.17, 15) is 0 Å². The van der Waals surface area contributed by atoms with Crippen LogP contribution in [0.1, 0.15) is 61.1 Å². The third-order valence-electron chi connectivity index (χ3n) is 15.0. The van der Waals surface area contributed by atoms with Crippen LogP contribution in [0.15, 0.2) is 152 Å². The lowest BCUT2D eigenvalue weighted by Gasteiger charge is -2.51. The zero-order valence-corrected chi connectivity index (χ0v) is 35.8. The van der Waals surface area contributed by atoms with Crippen molar-refractivity contribution in [1.82, 2.24) is 0 Å².